The van der Waals surface area contributed by atoms with Gasteiger partial charge in [0.25, 0.3) is 11.8 Å². The number of anilines is 1. The average Bonchev–Trinajstić information content (AvgIpc) is 2.98. The number of carboxylic acid groups (broad SMARTS) is 1. The lowest BCUT2D eigenvalue weighted by molar-refractivity contribution is -0.136. The molecule has 2 aliphatic rings. The first-order valence-corrected chi connectivity index (χ1v) is 10.0. The Morgan fingerprint density at radius 1 is 1.13 bits per heavy atom. The Labute approximate surface area is 178 Å². The van der Waals surface area contributed by atoms with Gasteiger partial charge >= 0.3 is 6.09 Å². The maximum absolute atomic E-state index is 13.0. The maximum Gasteiger partial charge on any atom is 0.404 e. The lowest BCUT2D eigenvalue weighted by atomic mass is 10.0. The second-order valence-electron chi connectivity index (χ2n) is 7.15. The van der Waals surface area contributed by atoms with Crippen molar-refractivity contribution in [1.29, 1.82) is 0 Å². The van der Waals surface area contributed by atoms with E-state index in [1.54, 1.807) is 18.2 Å². The quantitative estimate of drug-likeness (QED) is 0.309. The Kier molecular flexibility index (Phi) is 7.19. The number of amides is 5. The summed E-state index contributed by atoms with van der Waals surface area (Å²) in [6, 6.07) is 3.89. The molecule has 1 fully saturated rings. The summed E-state index contributed by atoms with van der Waals surface area (Å²) < 4.78 is 5.43. The van der Waals surface area contributed by atoms with Crippen molar-refractivity contribution in [3.8, 4) is 0 Å². The summed E-state index contributed by atoms with van der Waals surface area (Å²) in [6.07, 6.45) is 0.316. The van der Waals surface area contributed by atoms with Gasteiger partial charge in [-0.05, 0) is 31.4 Å². The minimum absolute atomic E-state index is 0.0707. The Bertz CT molecular complexity index is 902. The smallest absolute Gasteiger partial charge is 0.404 e. The van der Waals surface area contributed by atoms with E-state index in [0.29, 0.717) is 44.8 Å². The van der Waals surface area contributed by atoms with E-state index < -0.39 is 35.8 Å². The summed E-state index contributed by atoms with van der Waals surface area (Å²) in [4.78, 5) is 60.5. The topological polar surface area (TPSA) is 154 Å². The molecule has 1 atom stereocenters. The molecule has 4 N–H and O–H groups in total. The molecule has 1 saturated heterocycles. The average molecular weight is 432 g/mol. The van der Waals surface area contributed by atoms with E-state index in [1.807, 2.05) is 0 Å². The van der Waals surface area contributed by atoms with Crippen LogP contribution in [-0.4, -0.2) is 72.1 Å². The van der Waals surface area contributed by atoms with E-state index in [0.717, 1.165) is 4.90 Å². The lowest BCUT2D eigenvalue weighted by Crippen LogP contribution is -2.54. The highest BCUT2D eigenvalue weighted by Crippen LogP contribution is 2.32. The van der Waals surface area contributed by atoms with Gasteiger partial charge in [0.1, 0.15) is 6.04 Å². The van der Waals surface area contributed by atoms with Gasteiger partial charge in [0.15, 0.2) is 0 Å². The van der Waals surface area contributed by atoms with Crippen LogP contribution in [0.4, 0.5) is 10.5 Å². The number of fused-ring (bicyclic) bond motifs is 1. The molecule has 11 nitrogen and oxygen atoms in total. The summed E-state index contributed by atoms with van der Waals surface area (Å²) in [6.45, 7) is 1.69. The first-order chi connectivity index (χ1) is 14.9. The molecule has 0 spiro atoms. The zero-order chi connectivity index (χ0) is 22.4. The minimum Gasteiger partial charge on any atom is -0.465 e. The van der Waals surface area contributed by atoms with Crippen molar-refractivity contribution in [3.05, 3.63) is 29.3 Å². The molecule has 31 heavy (non-hydrogen) atoms. The molecule has 0 aromatic heterocycles. The van der Waals surface area contributed by atoms with Crippen LogP contribution in [-0.2, 0) is 14.3 Å². The van der Waals surface area contributed by atoms with E-state index in [4.69, 9.17) is 9.84 Å². The van der Waals surface area contributed by atoms with Gasteiger partial charge in [-0.1, -0.05) is 6.07 Å². The van der Waals surface area contributed by atoms with Crippen molar-refractivity contribution < 1.29 is 33.8 Å². The van der Waals surface area contributed by atoms with Gasteiger partial charge in [0.05, 0.1) is 11.1 Å². The normalized spacial score (nSPS) is 18.1. The second-order valence-corrected chi connectivity index (χ2v) is 7.15. The van der Waals surface area contributed by atoms with Crippen molar-refractivity contribution >= 4 is 35.4 Å². The van der Waals surface area contributed by atoms with Crippen molar-refractivity contribution in [3.63, 3.8) is 0 Å². The molecule has 5 amide bonds. The van der Waals surface area contributed by atoms with E-state index >= 15 is 0 Å². The molecule has 1 aromatic carbocycles. The molecular weight excluding hydrogens is 408 g/mol. The number of rotatable bonds is 10. The van der Waals surface area contributed by atoms with Crippen LogP contribution in [0.1, 0.15) is 46.4 Å². The number of piperidine rings is 1. The van der Waals surface area contributed by atoms with Crippen LogP contribution in [0.3, 0.4) is 0 Å². The fourth-order valence-corrected chi connectivity index (χ4v) is 3.53. The van der Waals surface area contributed by atoms with Crippen LogP contribution in [0.5, 0.6) is 0 Å². The molecule has 0 aliphatic carbocycles. The summed E-state index contributed by atoms with van der Waals surface area (Å²) in [7, 11) is 0. The molecule has 1 aromatic rings. The van der Waals surface area contributed by atoms with Gasteiger partial charge in [-0.15, -0.1) is 0 Å². The number of benzene rings is 1. The number of hydrogen-bond donors (Lipinski definition) is 4. The maximum atomic E-state index is 13.0. The SMILES string of the molecule is O=C(O)NCCCOCCCNc1cccc2c1C(=O)N(C1CCC(=O)NC1=O)C2=O. The monoisotopic (exact) mass is 432 g/mol. The van der Waals surface area contributed by atoms with Crippen molar-refractivity contribution in [2.75, 3.05) is 31.6 Å². The second kappa shape index (κ2) is 10.0. The highest BCUT2D eigenvalue weighted by atomic mass is 16.5. The molecule has 0 saturated carbocycles. The van der Waals surface area contributed by atoms with Gasteiger partial charge in [-0.3, -0.25) is 29.4 Å². The van der Waals surface area contributed by atoms with Crippen LogP contribution in [0.2, 0.25) is 0 Å². The number of nitrogens with zero attached hydrogens (tertiary/aromatic N) is 1. The largest absolute Gasteiger partial charge is 0.465 e. The molecule has 0 bridgehead atoms. The summed E-state index contributed by atoms with van der Waals surface area (Å²) >= 11 is 0. The number of ether oxygens (including phenoxy) is 1. The molecule has 0 radical (unpaired) electrons. The molecule has 2 heterocycles. The predicted octanol–water partition coefficient (Wildman–Crippen LogP) is 0.564. The molecule has 11 heteroatoms. The zero-order valence-corrected chi connectivity index (χ0v) is 16.8. The zero-order valence-electron chi connectivity index (χ0n) is 16.8. The van der Waals surface area contributed by atoms with E-state index in [2.05, 4.69) is 16.0 Å². The first kappa shape index (κ1) is 22.2. The highest BCUT2D eigenvalue weighted by molar-refractivity contribution is 6.25. The van der Waals surface area contributed by atoms with E-state index in [1.165, 1.54) is 0 Å². The molecule has 3 rings (SSSR count). The number of nitrogens with one attached hydrogen (secondary N) is 3. The van der Waals surface area contributed by atoms with Crippen LogP contribution >= 0.6 is 0 Å². The summed E-state index contributed by atoms with van der Waals surface area (Å²) in [5, 5.41) is 16.0. The van der Waals surface area contributed by atoms with Gasteiger partial charge in [-0.25, -0.2) is 4.79 Å². The lowest BCUT2D eigenvalue weighted by Gasteiger charge is -2.27. The number of carbonyl (C=O) groups excluding carboxylic acids is 4. The van der Waals surface area contributed by atoms with E-state index in [9.17, 15) is 24.0 Å². The molecule has 2 aliphatic heterocycles. The standard InChI is InChI=1S/C20H24N4O7/c25-15-7-6-14(17(26)23-15)24-18(27)12-4-1-5-13(16(12)19(24)28)21-8-2-10-31-11-3-9-22-20(29)30/h1,4-5,14,21-22H,2-3,6-11H2,(H,29,30)(H,23,25,26). The molecule has 1 unspecified atom stereocenters. The van der Waals surface area contributed by atoms with Crippen molar-refractivity contribution in [1.82, 2.24) is 15.5 Å². The first-order valence-electron chi connectivity index (χ1n) is 10.0. The van der Waals surface area contributed by atoms with Crippen molar-refractivity contribution in [2.24, 2.45) is 0 Å². The third kappa shape index (κ3) is 5.18. The van der Waals surface area contributed by atoms with Gasteiger partial charge < -0.3 is 20.5 Å². The van der Waals surface area contributed by atoms with Crippen LogP contribution in [0, 0.1) is 0 Å². The van der Waals surface area contributed by atoms with Crippen LogP contribution in [0.15, 0.2) is 18.2 Å². The number of imide groups is 2. The van der Waals surface area contributed by atoms with Crippen LogP contribution < -0.4 is 16.0 Å². The Morgan fingerprint density at radius 3 is 2.58 bits per heavy atom. The van der Waals surface area contributed by atoms with Gasteiger partial charge in [0, 0.05) is 38.4 Å². The third-order valence-electron chi connectivity index (χ3n) is 4.99. The fraction of sp³-hybridized carbons (Fsp3) is 0.450. The summed E-state index contributed by atoms with van der Waals surface area (Å²) in [5.74, 6) is -2.16. The Morgan fingerprint density at radius 2 is 1.87 bits per heavy atom. The number of carbonyl (C=O) groups is 5. The Hall–Kier alpha value is -3.47. The number of hydrogen-bond acceptors (Lipinski definition) is 7. The Balaban J connectivity index is 1.53. The summed E-state index contributed by atoms with van der Waals surface area (Å²) in [5.41, 5.74) is 0.941. The van der Waals surface area contributed by atoms with Crippen molar-refractivity contribution in [2.45, 2.75) is 31.7 Å². The third-order valence-corrected chi connectivity index (χ3v) is 4.99. The van der Waals surface area contributed by atoms with Crippen LogP contribution in [0.25, 0.3) is 0 Å². The van der Waals surface area contributed by atoms with Gasteiger partial charge in [0.2, 0.25) is 11.8 Å². The highest BCUT2D eigenvalue weighted by Gasteiger charge is 2.45. The molecule has 166 valence electrons. The van der Waals surface area contributed by atoms with E-state index in [-0.39, 0.29) is 24.0 Å². The minimum atomic E-state index is -1.07. The molecular formula is C20H24N4O7. The van der Waals surface area contributed by atoms with Gasteiger partial charge in [-0.2, -0.15) is 0 Å². The predicted molar refractivity (Wildman–Crippen MR) is 108 cm³/mol. The fourth-order valence-electron chi connectivity index (χ4n) is 3.53.